The monoisotopic (exact) mass is 422 g/mol. The lowest BCUT2D eigenvalue weighted by Crippen LogP contribution is -2.50. The van der Waals surface area contributed by atoms with Gasteiger partial charge in [0.1, 0.15) is 5.75 Å². The summed E-state index contributed by atoms with van der Waals surface area (Å²) < 4.78 is 10.5. The van der Waals surface area contributed by atoms with E-state index in [9.17, 15) is 9.59 Å². The zero-order chi connectivity index (χ0) is 20.1. The van der Waals surface area contributed by atoms with Crippen molar-refractivity contribution in [3.8, 4) is 5.75 Å². The molecule has 28 heavy (non-hydrogen) atoms. The second-order valence-corrected chi connectivity index (χ2v) is 7.06. The van der Waals surface area contributed by atoms with Gasteiger partial charge in [0.25, 0.3) is 5.91 Å². The topological polar surface area (TPSA) is 59.1 Å². The Labute approximate surface area is 173 Å². The Hall–Kier alpha value is -2.44. The van der Waals surface area contributed by atoms with Gasteiger partial charge in [-0.15, -0.1) is 0 Å². The first-order chi connectivity index (χ1) is 13.5. The summed E-state index contributed by atoms with van der Waals surface area (Å²) >= 11 is 11.7. The molecule has 2 aromatic rings. The summed E-state index contributed by atoms with van der Waals surface area (Å²) in [4.78, 5) is 28.3. The Kier molecular flexibility index (Phi) is 6.65. The van der Waals surface area contributed by atoms with E-state index in [1.807, 2.05) is 24.3 Å². The molecule has 1 fully saturated rings. The Morgan fingerprint density at radius 1 is 1.00 bits per heavy atom. The van der Waals surface area contributed by atoms with Gasteiger partial charge >= 0.3 is 5.97 Å². The van der Waals surface area contributed by atoms with Gasteiger partial charge in [0.2, 0.25) is 0 Å². The van der Waals surface area contributed by atoms with E-state index in [1.165, 1.54) is 18.2 Å². The van der Waals surface area contributed by atoms with Gasteiger partial charge in [0.05, 0.1) is 28.4 Å². The summed E-state index contributed by atoms with van der Waals surface area (Å²) in [6.45, 7) is 2.12. The van der Waals surface area contributed by atoms with Crippen LogP contribution in [0.2, 0.25) is 10.0 Å². The molecule has 3 rings (SSSR count). The SMILES string of the molecule is COc1ccccc1N1CCN(C(=O)COC(=O)c2ccc(Cl)c(Cl)c2)CC1. The van der Waals surface area contributed by atoms with E-state index in [0.717, 1.165) is 11.4 Å². The summed E-state index contributed by atoms with van der Waals surface area (Å²) in [5, 5.41) is 0.608. The molecule has 0 unspecified atom stereocenters. The highest BCUT2D eigenvalue weighted by molar-refractivity contribution is 6.42. The van der Waals surface area contributed by atoms with E-state index < -0.39 is 5.97 Å². The van der Waals surface area contributed by atoms with E-state index in [4.69, 9.17) is 32.7 Å². The number of rotatable bonds is 5. The van der Waals surface area contributed by atoms with Gasteiger partial charge in [-0.25, -0.2) is 4.79 Å². The van der Waals surface area contributed by atoms with Gasteiger partial charge < -0.3 is 19.3 Å². The molecule has 0 radical (unpaired) electrons. The molecule has 1 aliphatic rings. The van der Waals surface area contributed by atoms with Crippen molar-refractivity contribution in [3.63, 3.8) is 0 Å². The largest absolute Gasteiger partial charge is 0.495 e. The molecule has 1 amide bonds. The van der Waals surface area contributed by atoms with Crippen LogP contribution in [0.1, 0.15) is 10.4 Å². The van der Waals surface area contributed by atoms with Gasteiger partial charge in [-0.3, -0.25) is 4.79 Å². The minimum absolute atomic E-state index is 0.229. The van der Waals surface area contributed by atoms with Crippen molar-refractivity contribution in [1.82, 2.24) is 4.90 Å². The quantitative estimate of drug-likeness (QED) is 0.689. The van der Waals surface area contributed by atoms with Crippen LogP contribution >= 0.6 is 23.2 Å². The van der Waals surface area contributed by atoms with Crippen LogP contribution in [-0.4, -0.2) is 56.7 Å². The number of piperazine rings is 1. The molecule has 0 spiro atoms. The first kappa shape index (κ1) is 20.3. The molecule has 8 heteroatoms. The lowest BCUT2D eigenvalue weighted by atomic mass is 10.2. The highest BCUT2D eigenvalue weighted by atomic mass is 35.5. The lowest BCUT2D eigenvalue weighted by Gasteiger charge is -2.36. The average Bonchev–Trinajstić information content (AvgIpc) is 2.73. The minimum atomic E-state index is -0.612. The summed E-state index contributed by atoms with van der Waals surface area (Å²) in [7, 11) is 1.64. The highest BCUT2D eigenvalue weighted by Gasteiger charge is 2.23. The minimum Gasteiger partial charge on any atom is -0.495 e. The maximum Gasteiger partial charge on any atom is 0.338 e. The molecular weight excluding hydrogens is 403 g/mol. The van der Waals surface area contributed by atoms with E-state index >= 15 is 0 Å². The van der Waals surface area contributed by atoms with Gasteiger partial charge in [-0.1, -0.05) is 35.3 Å². The van der Waals surface area contributed by atoms with Gasteiger partial charge in [-0.2, -0.15) is 0 Å². The van der Waals surface area contributed by atoms with Gasteiger partial charge in [-0.05, 0) is 30.3 Å². The fourth-order valence-corrected chi connectivity index (χ4v) is 3.31. The molecule has 0 N–H and O–H groups in total. The molecule has 2 aromatic carbocycles. The Morgan fingerprint density at radius 2 is 1.71 bits per heavy atom. The zero-order valence-electron chi connectivity index (χ0n) is 15.4. The molecule has 0 saturated carbocycles. The third kappa shape index (κ3) is 4.69. The fraction of sp³-hybridized carbons (Fsp3) is 0.300. The van der Waals surface area contributed by atoms with Crippen molar-refractivity contribution in [3.05, 3.63) is 58.1 Å². The number of amides is 1. The van der Waals surface area contributed by atoms with Gasteiger partial charge in [0, 0.05) is 26.2 Å². The summed E-state index contributed by atoms with van der Waals surface area (Å²) in [5.41, 5.74) is 1.26. The van der Waals surface area contributed by atoms with Crippen molar-refractivity contribution >= 4 is 40.8 Å². The van der Waals surface area contributed by atoms with E-state index in [0.29, 0.717) is 31.2 Å². The molecule has 1 aliphatic heterocycles. The molecule has 148 valence electrons. The summed E-state index contributed by atoms with van der Waals surface area (Å²) in [5.74, 6) is -0.0366. The lowest BCUT2D eigenvalue weighted by molar-refractivity contribution is -0.134. The first-order valence-electron chi connectivity index (χ1n) is 8.77. The number of para-hydroxylation sites is 2. The number of hydrogen-bond acceptors (Lipinski definition) is 5. The second-order valence-electron chi connectivity index (χ2n) is 6.24. The average molecular weight is 423 g/mol. The number of methoxy groups -OCH3 is 1. The molecule has 6 nitrogen and oxygen atoms in total. The van der Waals surface area contributed by atoms with Crippen LogP contribution in [0, 0.1) is 0 Å². The van der Waals surface area contributed by atoms with E-state index in [1.54, 1.807) is 12.0 Å². The predicted octanol–water partition coefficient (Wildman–Crippen LogP) is 3.51. The number of nitrogens with zero attached hydrogens (tertiary/aromatic N) is 2. The molecular formula is C20H20Cl2N2O4. The van der Waals surface area contributed by atoms with Crippen LogP contribution in [0.15, 0.2) is 42.5 Å². The summed E-state index contributed by atoms with van der Waals surface area (Å²) in [6.07, 6.45) is 0. The fourth-order valence-electron chi connectivity index (χ4n) is 3.01. The van der Waals surface area contributed by atoms with Crippen molar-refractivity contribution in [2.24, 2.45) is 0 Å². The zero-order valence-corrected chi connectivity index (χ0v) is 16.9. The van der Waals surface area contributed by atoms with Gasteiger partial charge in [0.15, 0.2) is 6.61 Å². The van der Waals surface area contributed by atoms with Crippen LogP contribution in [0.5, 0.6) is 5.75 Å². The van der Waals surface area contributed by atoms with Crippen molar-refractivity contribution < 1.29 is 19.1 Å². The number of ether oxygens (including phenoxy) is 2. The Bertz CT molecular complexity index is 867. The summed E-state index contributed by atoms with van der Waals surface area (Å²) in [6, 6.07) is 12.2. The third-order valence-electron chi connectivity index (χ3n) is 4.54. The van der Waals surface area contributed by atoms with Crippen LogP contribution in [-0.2, 0) is 9.53 Å². The van der Waals surface area contributed by atoms with Crippen LogP contribution in [0.4, 0.5) is 5.69 Å². The standard InChI is InChI=1S/C20H20Cl2N2O4/c1-27-18-5-3-2-4-17(18)23-8-10-24(11-9-23)19(25)13-28-20(26)14-6-7-15(21)16(22)12-14/h2-7,12H,8-11,13H2,1H3. The smallest absolute Gasteiger partial charge is 0.338 e. The van der Waals surface area contributed by atoms with Crippen LogP contribution < -0.4 is 9.64 Å². The molecule has 0 aromatic heterocycles. The molecule has 1 saturated heterocycles. The molecule has 0 bridgehead atoms. The number of hydrogen-bond donors (Lipinski definition) is 0. The van der Waals surface area contributed by atoms with Crippen molar-refractivity contribution in [1.29, 1.82) is 0 Å². The first-order valence-corrected chi connectivity index (χ1v) is 9.53. The second kappa shape index (κ2) is 9.17. The maximum atomic E-state index is 12.4. The van der Waals surface area contributed by atoms with E-state index in [-0.39, 0.29) is 23.1 Å². The predicted molar refractivity (Wildman–Crippen MR) is 109 cm³/mol. The van der Waals surface area contributed by atoms with Crippen molar-refractivity contribution in [2.45, 2.75) is 0 Å². The normalized spacial score (nSPS) is 14.0. The number of halogens is 2. The highest BCUT2D eigenvalue weighted by Crippen LogP contribution is 2.28. The number of carbonyl (C=O) groups is 2. The van der Waals surface area contributed by atoms with Crippen molar-refractivity contribution in [2.75, 3.05) is 44.8 Å². The number of anilines is 1. The Morgan fingerprint density at radius 3 is 2.39 bits per heavy atom. The number of carbonyl (C=O) groups excluding carboxylic acids is 2. The molecule has 1 heterocycles. The van der Waals surface area contributed by atoms with Crippen LogP contribution in [0.3, 0.4) is 0 Å². The maximum absolute atomic E-state index is 12.4. The number of esters is 1. The van der Waals surface area contributed by atoms with E-state index in [2.05, 4.69) is 4.90 Å². The molecule has 0 atom stereocenters. The number of benzene rings is 2. The Balaban J connectivity index is 1.51. The third-order valence-corrected chi connectivity index (χ3v) is 5.28. The molecule has 0 aliphatic carbocycles. The van der Waals surface area contributed by atoms with Crippen LogP contribution in [0.25, 0.3) is 0 Å².